The van der Waals surface area contributed by atoms with Crippen molar-refractivity contribution in [3.8, 4) is 0 Å². The number of benzene rings is 1. The molecule has 0 aliphatic carbocycles. The standard InChI is InChI=1S/C15H17BrO2/c1-8-7-9(2)11(4)13(10(8)3)14(17)12-5-6-18-15(12)16/h5-7,14,17H,1-4H3. The Balaban J connectivity index is 2.61. The normalized spacial score (nSPS) is 12.8. The van der Waals surface area contributed by atoms with E-state index >= 15 is 0 Å². The van der Waals surface area contributed by atoms with E-state index in [4.69, 9.17) is 4.42 Å². The summed E-state index contributed by atoms with van der Waals surface area (Å²) in [6, 6.07) is 3.95. The van der Waals surface area contributed by atoms with Crippen molar-refractivity contribution in [2.24, 2.45) is 0 Å². The maximum Gasteiger partial charge on any atom is 0.175 e. The molecular weight excluding hydrogens is 292 g/mol. The molecule has 1 atom stereocenters. The Morgan fingerprint density at radius 3 is 2.11 bits per heavy atom. The van der Waals surface area contributed by atoms with Crippen LogP contribution in [-0.4, -0.2) is 5.11 Å². The van der Waals surface area contributed by atoms with Gasteiger partial charge < -0.3 is 9.52 Å². The van der Waals surface area contributed by atoms with Gasteiger partial charge in [0.15, 0.2) is 4.67 Å². The van der Waals surface area contributed by atoms with Crippen molar-refractivity contribution in [3.63, 3.8) is 0 Å². The fourth-order valence-electron chi connectivity index (χ4n) is 2.31. The molecule has 1 aromatic carbocycles. The molecular formula is C15H17BrO2. The van der Waals surface area contributed by atoms with E-state index in [-0.39, 0.29) is 0 Å². The number of halogens is 1. The van der Waals surface area contributed by atoms with Crippen molar-refractivity contribution < 1.29 is 9.52 Å². The first-order valence-corrected chi connectivity index (χ1v) is 6.71. The zero-order chi connectivity index (χ0) is 13.4. The molecule has 0 fully saturated rings. The largest absolute Gasteiger partial charge is 0.457 e. The average molecular weight is 309 g/mol. The summed E-state index contributed by atoms with van der Waals surface area (Å²) in [7, 11) is 0. The molecule has 0 aliphatic rings. The van der Waals surface area contributed by atoms with Crippen LogP contribution in [0.3, 0.4) is 0 Å². The maximum absolute atomic E-state index is 10.6. The van der Waals surface area contributed by atoms with Crippen LogP contribution < -0.4 is 0 Å². The average Bonchev–Trinajstić information content (AvgIpc) is 2.73. The highest BCUT2D eigenvalue weighted by Crippen LogP contribution is 2.34. The highest BCUT2D eigenvalue weighted by Gasteiger charge is 2.21. The summed E-state index contributed by atoms with van der Waals surface area (Å²) in [5.74, 6) is 0. The first-order chi connectivity index (χ1) is 8.43. The Hall–Kier alpha value is -1.06. The third-order valence-corrected chi connectivity index (χ3v) is 4.28. The molecule has 3 heteroatoms. The third-order valence-electron chi connectivity index (χ3n) is 3.64. The Kier molecular flexibility index (Phi) is 3.64. The van der Waals surface area contributed by atoms with Gasteiger partial charge in [0, 0.05) is 5.56 Å². The van der Waals surface area contributed by atoms with Crippen molar-refractivity contribution in [2.75, 3.05) is 0 Å². The highest BCUT2D eigenvalue weighted by molar-refractivity contribution is 9.10. The number of furan rings is 1. The van der Waals surface area contributed by atoms with Crippen LogP contribution in [0, 0.1) is 27.7 Å². The lowest BCUT2D eigenvalue weighted by atomic mass is 9.89. The topological polar surface area (TPSA) is 33.4 Å². The molecule has 0 bridgehead atoms. The Morgan fingerprint density at radius 1 is 1.11 bits per heavy atom. The number of hydrogen-bond donors (Lipinski definition) is 1. The van der Waals surface area contributed by atoms with E-state index in [2.05, 4.69) is 35.8 Å². The van der Waals surface area contributed by atoms with Crippen LogP contribution in [0.15, 0.2) is 27.5 Å². The van der Waals surface area contributed by atoms with Crippen LogP contribution in [0.4, 0.5) is 0 Å². The van der Waals surface area contributed by atoms with Gasteiger partial charge in [0.1, 0.15) is 6.10 Å². The lowest BCUT2D eigenvalue weighted by Gasteiger charge is -2.19. The summed E-state index contributed by atoms with van der Waals surface area (Å²) < 4.78 is 5.79. The minimum absolute atomic E-state index is 0.591. The first-order valence-electron chi connectivity index (χ1n) is 5.91. The van der Waals surface area contributed by atoms with Gasteiger partial charge in [-0.3, -0.25) is 0 Å². The predicted octanol–water partition coefficient (Wildman–Crippen LogP) is 4.36. The number of hydrogen-bond acceptors (Lipinski definition) is 2. The zero-order valence-electron chi connectivity index (χ0n) is 11.0. The van der Waals surface area contributed by atoms with Crippen LogP contribution in [0.1, 0.15) is 39.5 Å². The smallest absolute Gasteiger partial charge is 0.175 e. The summed E-state index contributed by atoms with van der Waals surface area (Å²) in [4.78, 5) is 0. The number of aryl methyl sites for hydroxylation is 2. The summed E-state index contributed by atoms with van der Waals surface area (Å²) >= 11 is 3.32. The lowest BCUT2D eigenvalue weighted by Crippen LogP contribution is -2.07. The Labute approximate surface area is 116 Å². The monoisotopic (exact) mass is 308 g/mol. The number of aliphatic hydroxyl groups is 1. The van der Waals surface area contributed by atoms with E-state index in [1.165, 1.54) is 11.1 Å². The molecule has 1 heterocycles. The third kappa shape index (κ3) is 2.13. The van der Waals surface area contributed by atoms with Crippen LogP contribution in [-0.2, 0) is 0 Å². The minimum atomic E-state index is -0.656. The predicted molar refractivity (Wildman–Crippen MR) is 75.9 cm³/mol. The van der Waals surface area contributed by atoms with Crippen molar-refractivity contribution >= 4 is 15.9 Å². The maximum atomic E-state index is 10.6. The Bertz CT molecular complexity index is 558. The first kappa shape index (κ1) is 13.4. The summed E-state index contributed by atoms with van der Waals surface area (Å²) in [5.41, 5.74) is 6.43. The minimum Gasteiger partial charge on any atom is -0.457 e. The molecule has 1 unspecified atom stereocenters. The van der Waals surface area contributed by atoms with Gasteiger partial charge in [0.05, 0.1) is 6.26 Å². The molecule has 2 rings (SSSR count). The van der Waals surface area contributed by atoms with Gasteiger partial charge >= 0.3 is 0 Å². The molecule has 1 aromatic heterocycles. The van der Waals surface area contributed by atoms with Crippen LogP contribution in [0.5, 0.6) is 0 Å². The molecule has 2 nitrogen and oxygen atoms in total. The molecule has 0 spiro atoms. The molecule has 18 heavy (non-hydrogen) atoms. The molecule has 1 N–H and O–H groups in total. The summed E-state index contributed by atoms with van der Waals surface area (Å²) in [6.45, 7) is 8.24. The van der Waals surface area contributed by atoms with Crippen LogP contribution in [0.2, 0.25) is 0 Å². The van der Waals surface area contributed by atoms with Crippen LogP contribution in [0.25, 0.3) is 0 Å². The van der Waals surface area contributed by atoms with E-state index < -0.39 is 6.10 Å². The lowest BCUT2D eigenvalue weighted by molar-refractivity contribution is 0.216. The molecule has 0 saturated carbocycles. The van der Waals surface area contributed by atoms with Crippen molar-refractivity contribution in [3.05, 3.63) is 56.4 Å². The van der Waals surface area contributed by atoms with Gasteiger partial charge in [-0.05, 0) is 77.5 Å². The molecule has 0 amide bonds. The summed E-state index contributed by atoms with van der Waals surface area (Å²) in [6.07, 6.45) is 0.924. The fraction of sp³-hybridized carbons (Fsp3) is 0.333. The van der Waals surface area contributed by atoms with E-state index in [9.17, 15) is 5.11 Å². The van der Waals surface area contributed by atoms with Gasteiger partial charge in [-0.25, -0.2) is 0 Å². The quantitative estimate of drug-likeness (QED) is 0.894. The van der Waals surface area contributed by atoms with Crippen molar-refractivity contribution in [1.29, 1.82) is 0 Å². The van der Waals surface area contributed by atoms with Crippen molar-refractivity contribution in [1.82, 2.24) is 0 Å². The van der Waals surface area contributed by atoms with Gasteiger partial charge in [-0.1, -0.05) is 6.07 Å². The van der Waals surface area contributed by atoms with Gasteiger partial charge in [-0.15, -0.1) is 0 Å². The SMILES string of the molecule is Cc1cc(C)c(C)c(C(O)c2ccoc2Br)c1C. The van der Waals surface area contributed by atoms with Crippen LogP contribution >= 0.6 is 15.9 Å². The molecule has 0 saturated heterocycles. The van der Waals surface area contributed by atoms with E-state index in [0.29, 0.717) is 4.67 Å². The summed E-state index contributed by atoms with van der Waals surface area (Å²) in [5, 5.41) is 10.6. The van der Waals surface area contributed by atoms with Gasteiger partial charge in [0.2, 0.25) is 0 Å². The van der Waals surface area contributed by atoms with E-state index in [0.717, 1.165) is 22.3 Å². The molecule has 0 aliphatic heterocycles. The zero-order valence-corrected chi connectivity index (χ0v) is 12.6. The highest BCUT2D eigenvalue weighted by atomic mass is 79.9. The van der Waals surface area contributed by atoms with E-state index in [1.54, 1.807) is 12.3 Å². The molecule has 2 aromatic rings. The second-order valence-electron chi connectivity index (χ2n) is 4.73. The van der Waals surface area contributed by atoms with Crippen molar-refractivity contribution in [2.45, 2.75) is 33.8 Å². The molecule has 96 valence electrons. The van der Waals surface area contributed by atoms with Gasteiger partial charge in [0.25, 0.3) is 0 Å². The molecule has 0 radical (unpaired) electrons. The second-order valence-corrected chi connectivity index (χ2v) is 5.45. The number of rotatable bonds is 2. The Morgan fingerprint density at radius 2 is 1.67 bits per heavy atom. The number of aliphatic hydroxyl groups excluding tert-OH is 1. The van der Waals surface area contributed by atoms with E-state index in [1.807, 2.05) is 13.8 Å². The fourth-order valence-corrected chi connectivity index (χ4v) is 2.77. The second kappa shape index (κ2) is 4.90. The van der Waals surface area contributed by atoms with Gasteiger partial charge in [-0.2, -0.15) is 0 Å².